The predicted octanol–water partition coefficient (Wildman–Crippen LogP) is -0.580. The van der Waals surface area contributed by atoms with Crippen LogP contribution in [0, 0.1) is 0 Å². The van der Waals surface area contributed by atoms with E-state index in [1.54, 1.807) is 0 Å². The zero-order chi connectivity index (χ0) is 5.98. The maximum absolute atomic E-state index is 10.0. The Kier molecular flexibility index (Phi) is 1.15. The second-order valence-corrected chi connectivity index (χ2v) is 1.52. The van der Waals surface area contributed by atoms with E-state index in [4.69, 9.17) is 5.11 Å². The topological polar surface area (TPSA) is 61.7 Å². The van der Waals surface area contributed by atoms with Gasteiger partial charge in [0.15, 0.2) is 0 Å². The molecule has 8 heavy (non-hydrogen) atoms. The van der Waals surface area contributed by atoms with Crippen LogP contribution in [0.3, 0.4) is 0 Å². The molecule has 44 valence electrons. The Morgan fingerprint density at radius 2 is 2.62 bits per heavy atom. The van der Waals surface area contributed by atoms with Crippen molar-refractivity contribution in [2.45, 2.75) is 6.42 Å². The normalized spacial score (nSPS) is 17.2. The lowest BCUT2D eigenvalue weighted by molar-refractivity contribution is -0.129. The van der Waals surface area contributed by atoms with Gasteiger partial charge in [-0.25, -0.2) is 4.79 Å². The van der Waals surface area contributed by atoms with Gasteiger partial charge in [-0.15, -0.1) is 0 Å². The average Bonchev–Trinajstić information content (AvgIpc) is 2.12. The van der Waals surface area contributed by atoms with Crippen molar-refractivity contribution in [2.24, 2.45) is 5.10 Å². The minimum Gasteiger partial charge on any atom is -0.477 e. The molecule has 2 N–H and O–H groups in total. The number of carbonyl (C=O) groups is 1. The number of hydrazone groups is 1. The average molecular weight is 114 g/mol. The number of nitrogens with zero attached hydrogens (tertiary/aromatic N) is 1. The highest BCUT2D eigenvalue weighted by Gasteiger charge is 2.12. The first-order valence-electron chi connectivity index (χ1n) is 2.33. The fourth-order valence-electron chi connectivity index (χ4n) is 0.536. The van der Waals surface area contributed by atoms with Crippen LogP contribution in [-0.4, -0.2) is 23.3 Å². The summed E-state index contributed by atoms with van der Waals surface area (Å²) in [7, 11) is 0. The number of hydrogen-bond acceptors (Lipinski definition) is 3. The van der Waals surface area contributed by atoms with E-state index in [0.717, 1.165) is 0 Å². The highest BCUT2D eigenvalue weighted by atomic mass is 16.4. The van der Waals surface area contributed by atoms with Gasteiger partial charge in [-0.2, -0.15) is 5.10 Å². The van der Waals surface area contributed by atoms with E-state index in [-0.39, 0.29) is 5.71 Å². The van der Waals surface area contributed by atoms with Gasteiger partial charge in [-0.3, -0.25) is 0 Å². The largest absolute Gasteiger partial charge is 0.477 e. The molecule has 0 radical (unpaired) electrons. The van der Waals surface area contributed by atoms with Crippen LogP contribution in [0.2, 0.25) is 0 Å². The van der Waals surface area contributed by atoms with Crippen molar-refractivity contribution in [1.29, 1.82) is 0 Å². The summed E-state index contributed by atoms with van der Waals surface area (Å²) in [6.07, 6.45) is 0.537. The minimum atomic E-state index is -0.921. The number of carboxylic acid groups (broad SMARTS) is 1. The fourth-order valence-corrected chi connectivity index (χ4v) is 0.536. The van der Waals surface area contributed by atoms with E-state index < -0.39 is 5.97 Å². The van der Waals surface area contributed by atoms with Crippen LogP contribution in [-0.2, 0) is 4.79 Å². The number of aliphatic carboxylic acids is 1. The molecule has 0 bridgehead atoms. The molecule has 0 saturated heterocycles. The molecule has 0 atom stereocenters. The first-order chi connectivity index (χ1) is 3.80. The molecule has 0 spiro atoms. The molecule has 4 heteroatoms. The van der Waals surface area contributed by atoms with Crippen LogP contribution in [0.25, 0.3) is 0 Å². The molecular weight excluding hydrogens is 108 g/mol. The minimum absolute atomic E-state index is 0.227. The number of hydrogen-bond donors (Lipinski definition) is 2. The quantitative estimate of drug-likeness (QED) is 0.479. The molecule has 0 fully saturated rings. The molecule has 1 rings (SSSR count). The second-order valence-electron chi connectivity index (χ2n) is 1.52. The van der Waals surface area contributed by atoms with E-state index in [0.29, 0.717) is 13.0 Å². The van der Waals surface area contributed by atoms with Gasteiger partial charge in [0, 0.05) is 13.0 Å². The molecular formula is C4H6N2O2. The van der Waals surface area contributed by atoms with Gasteiger partial charge < -0.3 is 10.5 Å². The van der Waals surface area contributed by atoms with Gasteiger partial charge in [-0.05, 0) is 0 Å². The SMILES string of the molecule is O=C(O)C1=NNCC1. The van der Waals surface area contributed by atoms with E-state index >= 15 is 0 Å². The Morgan fingerprint density at radius 1 is 1.88 bits per heavy atom. The third-order valence-electron chi connectivity index (χ3n) is 0.934. The van der Waals surface area contributed by atoms with Crippen molar-refractivity contribution in [1.82, 2.24) is 5.43 Å². The Balaban J connectivity index is 2.57. The van der Waals surface area contributed by atoms with Crippen LogP contribution in [0.1, 0.15) is 6.42 Å². The molecule has 0 aliphatic carbocycles. The fraction of sp³-hybridized carbons (Fsp3) is 0.500. The Labute approximate surface area is 46.2 Å². The second kappa shape index (κ2) is 1.81. The van der Waals surface area contributed by atoms with Crippen LogP contribution in [0.5, 0.6) is 0 Å². The number of nitrogens with one attached hydrogen (secondary N) is 1. The van der Waals surface area contributed by atoms with Crippen molar-refractivity contribution in [2.75, 3.05) is 6.54 Å². The summed E-state index contributed by atoms with van der Waals surface area (Å²) in [6, 6.07) is 0. The molecule has 1 aliphatic heterocycles. The lowest BCUT2D eigenvalue weighted by Gasteiger charge is -1.82. The third kappa shape index (κ3) is 0.776. The molecule has 1 heterocycles. The molecule has 4 nitrogen and oxygen atoms in total. The lowest BCUT2D eigenvalue weighted by atomic mass is 10.3. The summed E-state index contributed by atoms with van der Waals surface area (Å²) < 4.78 is 0. The monoisotopic (exact) mass is 114 g/mol. The summed E-state index contributed by atoms with van der Waals surface area (Å²) >= 11 is 0. The van der Waals surface area contributed by atoms with Crippen molar-refractivity contribution >= 4 is 11.7 Å². The summed E-state index contributed by atoms with van der Waals surface area (Å²) in [5.41, 5.74) is 2.79. The Hall–Kier alpha value is -1.06. The molecule has 0 aromatic carbocycles. The summed E-state index contributed by atoms with van der Waals surface area (Å²) in [6.45, 7) is 0.654. The molecule has 0 saturated carbocycles. The van der Waals surface area contributed by atoms with E-state index in [1.807, 2.05) is 0 Å². The molecule has 0 unspecified atom stereocenters. The standard InChI is InChI=1S/C4H6N2O2/c7-4(8)3-1-2-5-6-3/h5H,1-2H2,(H,7,8). The zero-order valence-electron chi connectivity index (χ0n) is 4.22. The van der Waals surface area contributed by atoms with Gasteiger partial charge in [0.2, 0.25) is 0 Å². The third-order valence-corrected chi connectivity index (χ3v) is 0.934. The maximum Gasteiger partial charge on any atom is 0.352 e. The summed E-state index contributed by atoms with van der Waals surface area (Å²) in [5.74, 6) is -0.921. The van der Waals surface area contributed by atoms with E-state index in [2.05, 4.69) is 10.5 Å². The van der Waals surface area contributed by atoms with E-state index in [1.165, 1.54) is 0 Å². The Bertz CT molecular complexity index is 141. The predicted molar refractivity (Wildman–Crippen MR) is 27.7 cm³/mol. The number of carboxylic acids is 1. The molecule has 0 amide bonds. The molecule has 1 aliphatic rings. The maximum atomic E-state index is 10.0. The highest BCUT2D eigenvalue weighted by molar-refractivity contribution is 6.35. The number of rotatable bonds is 1. The Morgan fingerprint density at radius 3 is 2.88 bits per heavy atom. The summed E-state index contributed by atoms with van der Waals surface area (Å²) in [5, 5.41) is 11.7. The van der Waals surface area contributed by atoms with Crippen LogP contribution < -0.4 is 5.43 Å². The van der Waals surface area contributed by atoms with Gasteiger partial charge in [0.05, 0.1) is 0 Å². The first-order valence-corrected chi connectivity index (χ1v) is 2.33. The van der Waals surface area contributed by atoms with Crippen molar-refractivity contribution < 1.29 is 9.90 Å². The van der Waals surface area contributed by atoms with Crippen LogP contribution in [0.15, 0.2) is 5.10 Å². The van der Waals surface area contributed by atoms with Crippen LogP contribution in [0.4, 0.5) is 0 Å². The van der Waals surface area contributed by atoms with Gasteiger partial charge in [0.1, 0.15) is 5.71 Å². The summed E-state index contributed by atoms with van der Waals surface area (Å²) in [4.78, 5) is 10.0. The lowest BCUT2D eigenvalue weighted by Crippen LogP contribution is -2.09. The van der Waals surface area contributed by atoms with Gasteiger partial charge in [-0.1, -0.05) is 0 Å². The van der Waals surface area contributed by atoms with Crippen molar-refractivity contribution in [3.05, 3.63) is 0 Å². The molecule has 0 aromatic heterocycles. The molecule has 0 aromatic rings. The van der Waals surface area contributed by atoms with E-state index in [9.17, 15) is 4.79 Å². The van der Waals surface area contributed by atoms with Crippen molar-refractivity contribution in [3.8, 4) is 0 Å². The van der Waals surface area contributed by atoms with Gasteiger partial charge in [0.25, 0.3) is 0 Å². The zero-order valence-corrected chi connectivity index (χ0v) is 4.22. The smallest absolute Gasteiger partial charge is 0.352 e. The first kappa shape index (κ1) is 5.08. The van der Waals surface area contributed by atoms with Crippen LogP contribution >= 0.6 is 0 Å². The van der Waals surface area contributed by atoms with Gasteiger partial charge >= 0.3 is 5.97 Å². The van der Waals surface area contributed by atoms with Crippen molar-refractivity contribution in [3.63, 3.8) is 0 Å². The highest BCUT2D eigenvalue weighted by Crippen LogP contribution is 1.91.